The van der Waals surface area contributed by atoms with E-state index in [1.165, 1.54) is 0 Å². The first-order valence-corrected chi connectivity index (χ1v) is 5.94. The number of nitrogens with one attached hydrogen (secondary N) is 1. The van der Waals surface area contributed by atoms with Gasteiger partial charge in [-0.05, 0) is 38.8 Å². The molecule has 0 aromatic carbocycles. The molecule has 17 heavy (non-hydrogen) atoms. The third-order valence-electron chi connectivity index (χ3n) is 2.23. The van der Waals surface area contributed by atoms with Crippen LogP contribution in [0.5, 0.6) is 0 Å². The van der Waals surface area contributed by atoms with Crippen LogP contribution < -0.4 is 5.32 Å². The molecule has 0 saturated carbocycles. The summed E-state index contributed by atoms with van der Waals surface area (Å²) in [5, 5.41) is 12.0. The van der Waals surface area contributed by atoms with Gasteiger partial charge in [-0.3, -0.25) is 0 Å². The van der Waals surface area contributed by atoms with Gasteiger partial charge in [0.05, 0.1) is 6.10 Å². The molecule has 1 aromatic heterocycles. The molecule has 0 saturated heterocycles. The summed E-state index contributed by atoms with van der Waals surface area (Å²) in [5.74, 6) is 0. The highest BCUT2D eigenvalue weighted by atomic mass is 16.5. The maximum atomic E-state index is 8.70. The van der Waals surface area contributed by atoms with Crippen LogP contribution in [-0.2, 0) is 4.74 Å². The Morgan fingerprint density at radius 3 is 3.00 bits per heavy atom. The molecule has 4 nitrogen and oxygen atoms in total. The van der Waals surface area contributed by atoms with E-state index in [0.29, 0.717) is 11.8 Å². The Kier molecular flexibility index (Phi) is 6.05. The number of aromatic nitrogens is 1. The molecular weight excluding hydrogens is 214 g/mol. The molecule has 1 aromatic rings. The van der Waals surface area contributed by atoms with Crippen LogP contribution in [0.4, 0.5) is 5.69 Å². The Morgan fingerprint density at radius 2 is 2.29 bits per heavy atom. The molecule has 4 heteroatoms. The number of hydrogen-bond acceptors (Lipinski definition) is 4. The minimum atomic E-state index is 0.307. The first-order chi connectivity index (χ1) is 8.22. The van der Waals surface area contributed by atoms with E-state index >= 15 is 0 Å². The van der Waals surface area contributed by atoms with E-state index in [1.807, 2.05) is 26.0 Å². The Morgan fingerprint density at radius 1 is 1.47 bits per heavy atom. The molecule has 0 unspecified atom stereocenters. The van der Waals surface area contributed by atoms with Crippen LogP contribution in [0.1, 0.15) is 32.4 Å². The third kappa shape index (κ3) is 5.88. The number of nitriles is 1. The van der Waals surface area contributed by atoms with Crippen molar-refractivity contribution in [1.29, 1.82) is 5.26 Å². The summed E-state index contributed by atoms with van der Waals surface area (Å²) in [7, 11) is 0. The van der Waals surface area contributed by atoms with E-state index in [4.69, 9.17) is 10.00 Å². The van der Waals surface area contributed by atoms with Gasteiger partial charge < -0.3 is 10.1 Å². The first-order valence-electron chi connectivity index (χ1n) is 5.94. The van der Waals surface area contributed by atoms with Crippen LogP contribution in [0.2, 0.25) is 0 Å². The molecule has 0 fully saturated rings. The number of pyridine rings is 1. The van der Waals surface area contributed by atoms with Crippen LogP contribution in [0.25, 0.3) is 0 Å². The van der Waals surface area contributed by atoms with Crippen molar-refractivity contribution in [2.24, 2.45) is 0 Å². The van der Waals surface area contributed by atoms with Gasteiger partial charge in [0.1, 0.15) is 11.8 Å². The van der Waals surface area contributed by atoms with Crippen molar-refractivity contribution in [1.82, 2.24) is 4.98 Å². The fraction of sp³-hybridized carbons (Fsp3) is 0.538. The zero-order valence-corrected chi connectivity index (χ0v) is 10.4. The Balaban J connectivity index is 2.16. The summed E-state index contributed by atoms with van der Waals surface area (Å²) in [5.41, 5.74) is 1.39. The number of hydrogen-bond donors (Lipinski definition) is 1. The second-order valence-electron chi connectivity index (χ2n) is 4.09. The van der Waals surface area contributed by atoms with Crippen molar-refractivity contribution in [2.75, 3.05) is 18.5 Å². The molecule has 92 valence electrons. The average molecular weight is 233 g/mol. The molecule has 1 rings (SSSR count). The zero-order chi connectivity index (χ0) is 12.5. The van der Waals surface area contributed by atoms with E-state index in [0.717, 1.165) is 31.7 Å². The van der Waals surface area contributed by atoms with Crippen molar-refractivity contribution in [3.05, 3.63) is 24.0 Å². The maximum absolute atomic E-state index is 8.70. The lowest BCUT2D eigenvalue weighted by Gasteiger charge is -2.08. The molecule has 0 atom stereocenters. The summed E-state index contributed by atoms with van der Waals surface area (Å²) in [6.45, 7) is 5.77. The first kappa shape index (κ1) is 13.5. The van der Waals surface area contributed by atoms with Crippen LogP contribution in [-0.4, -0.2) is 24.2 Å². The predicted molar refractivity (Wildman–Crippen MR) is 67.8 cm³/mol. The molecule has 0 radical (unpaired) electrons. The van der Waals surface area contributed by atoms with Crippen LogP contribution >= 0.6 is 0 Å². The van der Waals surface area contributed by atoms with E-state index in [-0.39, 0.29) is 0 Å². The highest BCUT2D eigenvalue weighted by Gasteiger charge is 1.96. The van der Waals surface area contributed by atoms with Gasteiger partial charge in [0.2, 0.25) is 0 Å². The molecule has 0 aliphatic rings. The van der Waals surface area contributed by atoms with Crippen molar-refractivity contribution in [3.63, 3.8) is 0 Å². The van der Waals surface area contributed by atoms with Crippen molar-refractivity contribution in [2.45, 2.75) is 32.8 Å². The lowest BCUT2D eigenvalue weighted by molar-refractivity contribution is 0.0765. The Bertz CT molecular complexity index is 371. The van der Waals surface area contributed by atoms with Gasteiger partial charge in [0.25, 0.3) is 0 Å². The SMILES string of the molecule is CC(C)OCCCCNc1ccnc(C#N)c1. The van der Waals surface area contributed by atoms with Gasteiger partial charge in [-0.1, -0.05) is 0 Å². The summed E-state index contributed by atoms with van der Waals surface area (Å²) in [6.07, 6.45) is 4.04. The van der Waals surface area contributed by atoms with Crippen LogP contribution in [0.15, 0.2) is 18.3 Å². The molecule has 0 bridgehead atoms. The fourth-order valence-electron chi connectivity index (χ4n) is 1.38. The number of nitrogens with zero attached hydrogens (tertiary/aromatic N) is 2. The summed E-state index contributed by atoms with van der Waals surface area (Å²) in [6, 6.07) is 5.64. The van der Waals surface area contributed by atoms with Crippen molar-refractivity contribution >= 4 is 5.69 Å². The van der Waals surface area contributed by atoms with Crippen LogP contribution in [0.3, 0.4) is 0 Å². The summed E-state index contributed by atoms with van der Waals surface area (Å²) < 4.78 is 5.45. The maximum Gasteiger partial charge on any atom is 0.142 e. The summed E-state index contributed by atoms with van der Waals surface area (Å²) >= 11 is 0. The minimum absolute atomic E-state index is 0.307. The lowest BCUT2D eigenvalue weighted by atomic mass is 10.3. The molecule has 0 spiro atoms. The Labute approximate surface area is 103 Å². The highest BCUT2D eigenvalue weighted by Crippen LogP contribution is 2.07. The highest BCUT2D eigenvalue weighted by molar-refractivity contribution is 5.45. The minimum Gasteiger partial charge on any atom is -0.385 e. The van der Waals surface area contributed by atoms with Gasteiger partial charge in [0, 0.05) is 25.0 Å². The molecule has 0 amide bonds. The lowest BCUT2D eigenvalue weighted by Crippen LogP contribution is -2.07. The quantitative estimate of drug-likeness (QED) is 0.735. The summed E-state index contributed by atoms with van der Waals surface area (Å²) in [4.78, 5) is 3.91. The molecule has 1 N–H and O–H groups in total. The van der Waals surface area contributed by atoms with Gasteiger partial charge in [-0.25, -0.2) is 4.98 Å². The monoisotopic (exact) mass is 233 g/mol. The largest absolute Gasteiger partial charge is 0.385 e. The number of ether oxygens (including phenoxy) is 1. The Hall–Kier alpha value is -1.60. The number of rotatable bonds is 7. The molecule has 1 heterocycles. The topological polar surface area (TPSA) is 57.9 Å². The fourth-order valence-corrected chi connectivity index (χ4v) is 1.38. The smallest absolute Gasteiger partial charge is 0.142 e. The van der Waals surface area contributed by atoms with Crippen LogP contribution in [0, 0.1) is 11.3 Å². The number of anilines is 1. The van der Waals surface area contributed by atoms with Crippen molar-refractivity contribution in [3.8, 4) is 6.07 Å². The zero-order valence-electron chi connectivity index (χ0n) is 10.4. The average Bonchev–Trinajstić information content (AvgIpc) is 2.33. The number of unbranched alkanes of at least 4 members (excludes halogenated alkanes) is 1. The standard InChI is InChI=1S/C13H19N3O/c1-11(2)17-8-4-3-6-15-12-5-7-16-13(9-12)10-14/h5,7,9,11H,3-4,6,8H2,1-2H3,(H,15,16). The second-order valence-corrected chi connectivity index (χ2v) is 4.09. The van der Waals surface area contributed by atoms with Gasteiger partial charge >= 0.3 is 0 Å². The molecule has 0 aliphatic heterocycles. The van der Waals surface area contributed by atoms with Crippen molar-refractivity contribution < 1.29 is 4.74 Å². The predicted octanol–water partition coefficient (Wildman–Crippen LogP) is 2.57. The van der Waals surface area contributed by atoms with E-state index in [1.54, 1.807) is 12.3 Å². The van der Waals surface area contributed by atoms with Gasteiger partial charge in [-0.15, -0.1) is 0 Å². The third-order valence-corrected chi connectivity index (χ3v) is 2.23. The second kappa shape index (κ2) is 7.64. The van der Waals surface area contributed by atoms with Gasteiger partial charge in [0.15, 0.2) is 0 Å². The normalized spacial score (nSPS) is 10.2. The molecular formula is C13H19N3O. The van der Waals surface area contributed by atoms with E-state index < -0.39 is 0 Å². The van der Waals surface area contributed by atoms with E-state index in [2.05, 4.69) is 10.3 Å². The molecule has 0 aliphatic carbocycles. The van der Waals surface area contributed by atoms with E-state index in [9.17, 15) is 0 Å². The van der Waals surface area contributed by atoms with Gasteiger partial charge in [-0.2, -0.15) is 5.26 Å².